The Labute approximate surface area is 187 Å². The van der Waals surface area contributed by atoms with Crippen LogP contribution in [0.1, 0.15) is 18.4 Å². The van der Waals surface area contributed by atoms with Gasteiger partial charge in [-0.15, -0.1) is 0 Å². The molecule has 0 atom stereocenters. The number of carbonyl (C=O) groups excluding carboxylic acids is 1. The molecule has 10 heteroatoms. The molecule has 2 N–H and O–H groups in total. The third kappa shape index (κ3) is 4.35. The minimum Gasteiger partial charge on any atom is -0.493 e. The van der Waals surface area contributed by atoms with Gasteiger partial charge in [0.05, 0.1) is 12.3 Å². The van der Waals surface area contributed by atoms with E-state index in [9.17, 15) is 9.59 Å². The van der Waals surface area contributed by atoms with E-state index in [0.717, 1.165) is 37.3 Å². The number of aromatic amines is 1. The van der Waals surface area contributed by atoms with E-state index in [1.165, 1.54) is 17.9 Å². The summed E-state index contributed by atoms with van der Waals surface area (Å²) in [7, 11) is 1.53. The summed E-state index contributed by atoms with van der Waals surface area (Å²) in [6.45, 7) is 5.46. The largest absolute Gasteiger partial charge is 0.493 e. The van der Waals surface area contributed by atoms with E-state index in [2.05, 4.69) is 16.7 Å². The highest BCUT2D eigenvalue weighted by Gasteiger charge is 2.17. The van der Waals surface area contributed by atoms with Crippen LogP contribution in [0.25, 0.3) is 17.3 Å². The van der Waals surface area contributed by atoms with E-state index in [0.29, 0.717) is 33.5 Å². The number of fused-ring (bicyclic) bond motifs is 1. The van der Waals surface area contributed by atoms with Crippen molar-refractivity contribution in [2.75, 3.05) is 26.8 Å². The number of amides is 1. The second-order valence-corrected chi connectivity index (χ2v) is 8.22. The lowest BCUT2D eigenvalue weighted by molar-refractivity contribution is -0.123. The van der Waals surface area contributed by atoms with Gasteiger partial charge in [0.15, 0.2) is 17.0 Å². The molecule has 32 heavy (non-hydrogen) atoms. The number of likely N-dealkylation sites (tertiary alicyclic amines) is 1. The minimum atomic E-state index is -0.520. The molecule has 4 rings (SSSR count). The zero-order chi connectivity index (χ0) is 22.7. The van der Waals surface area contributed by atoms with Crippen LogP contribution in [0.15, 0.2) is 35.6 Å². The van der Waals surface area contributed by atoms with Crippen molar-refractivity contribution in [3.63, 3.8) is 0 Å². The molecular weight excluding hydrogens is 430 g/mol. The van der Waals surface area contributed by atoms with Gasteiger partial charge in [-0.2, -0.15) is 4.98 Å². The normalized spacial score (nSPS) is 14.8. The molecule has 0 aromatic heterocycles. The van der Waals surface area contributed by atoms with Crippen LogP contribution in [0.3, 0.4) is 0 Å². The fraction of sp³-hybridized carbons (Fsp3) is 0.273. The Morgan fingerprint density at radius 1 is 1.34 bits per heavy atom. The van der Waals surface area contributed by atoms with Crippen molar-refractivity contribution in [1.29, 1.82) is 5.41 Å². The Morgan fingerprint density at radius 2 is 2.12 bits per heavy atom. The average molecular weight is 454 g/mol. The van der Waals surface area contributed by atoms with E-state index in [1.54, 1.807) is 35.3 Å². The smallest absolute Gasteiger partial charge is 0.283 e. The fourth-order valence-corrected chi connectivity index (χ4v) is 4.31. The van der Waals surface area contributed by atoms with E-state index >= 15 is 0 Å². The Balaban J connectivity index is 1.75. The molecule has 166 valence electrons. The number of aromatic nitrogens is 3. The lowest BCUT2D eigenvalue weighted by Crippen LogP contribution is -2.47. The number of hydrogen-bond donors (Lipinski definition) is 2. The third-order valence-electron chi connectivity index (χ3n) is 5.05. The lowest BCUT2D eigenvalue weighted by Gasteiger charge is -2.10. The molecule has 0 saturated carbocycles. The quantitative estimate of drug-likeness (QED) is 0.523. The van der Waals surface area contributed by atoms with E-state index in [4.69, 9.17) is 14.9 Å². The molecule has 3 heterocycles. The number of nitrogens with one attached hydrogen (secondary N) is 2. The van der Waals surface area contributed by atoms with Crippen LogP contribution >= 0.6 is 11.3 Å². The van der Waals surface area contributed by atoms with Gasteiger partial charge in [-0.3, -0.25) is 20.1 Å². The first-order chi connectivity index (χ1) is 15.5. The summed E-state index contributed by atoms with van der Waals surface area (Å²) in [4.78, 5) is 30.9. The molecule has 3 aliphatic heterocycles. The van der Waals surface area contributed by atoms with Crippen molar-refractivity contribution in [3.8, 4) is 16.6 Å². The van der Waals surface area contributed by atoms with Gasteiger partial charge in [-0.25, -0.2) is 4.68 Å². The molecule has 0 spiro atoms. The van der Waals surface area contributed by atoms with Gasteiger partial charge in [-0.05, 0) is 36.6 Å². The van der Waals surface area contributed by atoms with E-state index < -0.39 is 5.56 Å². The number of nitrogens with zero attached hydrogens (tertiary/aromatic N) is 3. The topological polar surface area (TPSA) is 113 Å². The first kappa shape index (κ1) is 21.6. The molecule has 1 aromatic rings. The first-order valence-electron chi connectivity index (χ1n) is 10.1. The predicted molar refractivity (Wildman–Crippen MR) is 121 cm³/mol. The maximum absolute atomic E-state index is 12.6. The van der Waals surface area contributed by atoms with Crippen molar-refractivity contribution in [1.82, 2.24) is 19.7 Å². The fourth-order valence-electron chi connectivity index (χ4n) is 3.46. The molecule has 0 bridgehead atoms. The van der Waals surface area contributed by atoms with Crippen LogP contribution in [0.2, 0.25) is 0 Å². The van der Waals surface area contributed by atoms with Crippen LogP contribution < -0.4 is 30.4 Å². The van der Waals surface area contributed by atoms with E-state index in [1.807, 2.05) is 0 Å². The first-order valence-corrected chi connectivity index (χ1v) is 10.9. The summed E-state index contributed by atoms with van der Waals surface area (Å²) in [5.41, 5.74) is 0.0930. The number of ether oxygens (including phenoxy) is 2. The van der Waals surface area contributed by atoms with Crippen LogP contribution in [0.4, 0.5) is 0 Å². The number of benzene rings is 1. The Hall–Kier alpha value is -3.66. The molecule has 3 aliphatic rings. The second-order valence-electron chi connectivity index (χ2n) is 7.21. The minimum absolute atomic E-state index is 0.0459. The van der Waals surface area contributed by atoms with Gasteiger partial charge >= 0.3 is 0 Å². The molecule has 1 aromatic carbocycles. The molecule has 0 aliphatic carbocycles. The maximum atomic E-state index is 12.6. The zero-order valence-corrected chi connectivity index (χ0v) is 18.4. The van der Waals surface area contributed by atoms with Gasteiger partial charge < -0.3 is 14.4 Å². The predicted octanol–water partition coefficient (Wildman–Crippen LogP) is 0.344. The summed E-state index contributed by atoms with van der Waals surface area (Å²) in [6, 6.07) is 5.21. The van der Waals surface area contributed by atoms with Crippen molar-refractivity contribution in [3.05, 3.63) is 62.1 Å². The molecule has 9 nitrogen and oxygen atoms in total. The second kappa shape index (κ2) is 9.23. The third-order valence-corrected chi connectivity index (χ3v) is 5.93. The summed E-state index contributed by atoms with van der Waals surface area (Å²) >= 11 is 1.16. The lowest BCUT2D eigenvalue weighted by atomic mass is 10.1. The Morgan fingerprint density at radius 3 is 2.84 bits per heavy atom. The standard InChI is InChI=1S/C22H23N5O4S/c1-3-10-31-16-7-6-14(12-17(16)30-2)11-15-20(23)27-22(24-21(15)29)32-18(25-27)13-19(28)26-8-4-5-9-26/h3,6-7,11-13,23,25H,1,4-5,8-10H2,2H3/b15-11-,18-13+,23-20?. The Bertz CT molecular complexity index is 1360. The van der Waals surface area contributed by atoms with Crippen LogP contribution in [0.5, 0.6) is 11.5 Å². The Kier molecular flexibility index (Phi) is 6.22. The van der Waals surface area contributed by atoms with Crippen molar-refractivity contribution < 1.29 is 14.3 Å². The molecular formula is C22H23N5O4S. The van der Waals surface area contributed by atoms with Gasteiger partial charge in [0, 0.05) is 19.2 Å². The van der Waals surface area contributed by atoms with Crippen molar-refractivity contribution in [2.24, 2.45) is 0 Å². The summed E-state index contributed by atoms with van der Waals surface area (Å²) in [6.07, 6.45) is 6.72. The zero-order valence-electron chi connectivity index (χ0n) is 17.6. The number of carbonyl (C=O) groups is 1. The van der Waals surface area contributed by atoms with Gasteiger partial charge in [0.1, 0.15) is 11.3 Å². The highest BCUT2D eigenvalue weighted by Crippen LogP contribution is 2.28. The van der Waals surface area contributed by atoms with Gasteiger partial charge in [0.25, 0.3) is 5.56 Å². The van der Waals surface area contributed by atoms with Crippen LogP contribution in [-0.4, -0.2) is 52.4 Å². The SMILES string of the molecule is C=CCOc1ccc(/C=c2\c(=O)nc3s/c(=C/C(=O)N4CCCC4)[nH]n-3c2=N)cc1OC. The summed E-state index contributed by atoms with van der Waals surface area (Å²) in [5, 5.41) is 12.0. The number of hydrogen-bond acceptors (Lipinski definition) is 7. The van der Waals surface area contributed by atoms with Crippen molar-refractivity contribution in [2.45, 2.75) is 12.8 Å². The molecule has 1 saturated heterocycles. The molecule has 1 fully saturated rings. The summed E-state index contributed by atoms with van der Waals surface area (Å²) in [5.74, 6) is 0.966. The number of rotatable bonds is 6. The van der Waals surface area contributed by atoms with Gasteiger partial charge in [-0.1, -0.05) is 30.1 Å². The van der Waals surface area contributed by atoms with Crippen LogP contribution in [0, 0.1) is 5.41 Å². The van der Waals surface area contributed by atoms with Gasteiger partial charge in [0.2, 0.25) is 11.0 Å². The monoisotopic (exact) mass is 453 g/mol. The average Bonchev–Trinajstić information content (AvgIpc) is 3.46. The molecule has 0 radical (unpaired) electrons. The highest BCUT2D eigenvalue weighted by atomic mass is 32.1. The number of H-pyrrole nitrogens is 1. The number of methoxy groups -OCH3 is 1. The maximum Gasteiger partial charge on any atom is 0.283 e. The van der Waals surface area contributed by atoms with Crippen molar-refractivity contribution >= 4 is 29.4 Å². The molecule has 0 unspecified atom stereocenters. The van der Waals surface area contributed by atoms with Crippen LogP contribution in [-0.2, 0) is 4.79 Å². The highest BCUT2D eigenvalue weighted by molar-refractivity contribution is 7.11. The molecule has 1 amide bonds. The summed E-state index contributed by atoms with van der Waals surface area (Å²) < 4.78 is 12.8. The van der Waals surface area contributed by atoms with E-state index in [-0.39, 0.29) is 16.6 Å².